The summed E-state index contributed by atoms with van der Waals surface area (Å²) in [6.07, 6.45) is 5.16. The van der Waals surface area contributed by atoms with E-state index in [2.05, 4.69) is 4.98 Å². The van der Waals surface area contributed by atoms with Gasteiger partial charge < -0.3 is 14.4 Å². The minimum Gasteiger partial charge on any atom is -0.489 e. The molecule has 1 heterocycles. The molecule has 0 aliphatic rings. The number of benzene rings is 2. The topological polar surface area (TPSA) is 47.3 Å². The lowest BCUT2D eigenvalue weighted by molar-refractivity contribution is 0.0350. The Kier molecular flexibility index (Phi) is 4.88. The van der Waals surface area contributed by atoms with Crippen LogP contribution in [0.2, 0.25) is 5.02 Å². The molecular formula is C19H19ClN2O2. The maximum atomic E-state index is 11.0. The van der Waals surface area contributed by atoms with Crippen LogP contribution in [0, 0.1) is 0 Å². The van der Waals surface area contributed by atoms with Gasteiger partial charge in [-0.15, -0.1) is 0 Å². The van der Waals surface area contributed by atoms with Crippen LogP contribution >= 0.6 is 11.6 Å². The molecule has 0 fully saturated rings. The molecule has 2 aromatic carbocycles. The van der Waals surface area contributed by atoms with E-state index in [4.69, 9.17) is 16.3 Å². The molecule has 0 saturated heterocycles. The van der Waals surface area contributed by atoms with E-state index in [1.807, 2.05) is 41.1 Å². The second-order valence-corrected chi connectivity index (χ2v) is 6.36. The molecule has 0 bridgehead atoms. The van der Waals surface area contributed by atoms with Crippen LogP contribution in [0.25, 0.3) is 0 Å². The molecular weight excluding hydrogens is 324 g/mol. The van der Waals surface area contributed by atoms with Crippen LogP contribution in [0.1, 0.15) is 18.1 Å². The van der Waals surface area contributed by atoms with Crippen LogP contribution in [0.4, 0.5) is 0 Å². The maximum absolute atomic E-state index is 11.0. The van der Waals surface area contributed by atoms with Crippen molar-refractivity contribution in [1.29, 1.82) is 0 Å². The molecule has 24 heavy (non-hydrogen) atoms. The molecule has 5 heteroatoms. The summed E-state index contributed by atoms with van der Waals surface area (Å²) in [4.78, 5) is 4.01. The quantitative estimate of drug-likeness (QED) is 0.736. The van der Waals surface area contributed by atoms with Gasteiger partial charge in [-0.1, -0.05) is 41.9 Å². The molecule has 4 nitrogen and oxygen atoms in total. The second kappa shape index (κ2) is 7.07. The first kappa shape index (κ1) is 16.6. The van der Waals surface area contributed by atoms with Crippen molar-refractivity contribution in [3.63, 3.8) is 0 Å². The van der Waals surface area contributed by atoms with Gasteiger partial charge in [0.15, 0.2) is 0 Å². The average molecular weight is 343 g/mol. The molecule has 3 aromatic rings. The third kappa shape index (κ3) is 3.96. The normalized spacial score (nSPS) is 13.5. The van der Waals surface area contributed by atoms with E-state index in [0.29, 0.717) is 29.5 Å². The molecule has 0 saturated carbocycles. The number of nitrogens with zero attached hydrogens (tertiary/aromatic N) is 2. The van der Waals surface area contributed by atoms with Crippen molar-refractivity contribution >= 4 is 11.6 Å². The monoisotopic (exact) mass is 342 g/mol. The smallest absolute Gasteiger partial charge is 0.126 e. The predicted octanol–water partition coefficient (Wildman–Crippen LogP) is 4.02. The highest BCUT2D eigenvalue weighted by atomic mass is 35.5. The third-order valence-corrected chi connectivity index (χ3v) is 4.04. The SMILES string of the molecule is CC(O)(Cn1ccnc1)c1cc(Cl)ccc1OCc1ccccc1. The number of aromatic nitrogens is 2. The third-order valence-electron chi connectivity index (χ3n) is 3.81. The van der Waals surface area contributed by atoms with Crippen molar-refractivity contribution in [2.45, 2.75) is 25.7 Å². The molecule has 1 unspecified atom stereocenters. The van der Waals surface area contributed by atoms with Crippen LogP contribution in [0.15, 0.2) is 67.3 Å². The summed E-state index contributed by atoms with van der Waals surface area (Å²) in [7, 11) is 0. The van der Waals surface area contributed by atoms with Crippen molar-refractivity contribution in [1.82, 2.24) is 9.55 Å². The largest absolute Gasteiger partial charge is 0.489 e. The second-order valence-electron chi connectivity index (χ2n) is 5.92. The van der Waals surface area contributed by atoms with Crippen LogP contribution in [-0.2, 0) is 18.8 Å². The van der Waals surface area contributed by atoms with Gasteiger partial charge in [-0.2, -0.15) is 0 Å². The Balaban J connectivity index is 1.84. The number of hydrogen-bond acceptors (Lipinski definition) is 3. The highest BCUT2D eigenvalue weighted by Gasteiger charge is 2.28. The van der Waals surface area contributed by atoms with E-state index >= 15 is 0 Å². The van der Waals surface area contributed by atoms with Crippen LogP contribution in [0.5, 0.6) is 5.75 Å². The predicted molar refractivity (Wildman–Crippen MR) is 94.0 cm³/mol. The van der Waals surface area contributed by atoms with Gasteiger partial charge in [-0.05, 0) is 30.7 Å². The summed E-state index contributed by atoms with van der Waals surface area (Å²) in [5, 5.41) is 11.5. The van der Waals surface area contributed by atoms with E-state index in [1.54, 1.807) is 37.6 Å². The standard InChI is InChI=1S/C19H19ClN2O2/c1-19(23,13-22-10-9-21-14-22)17-11-16(20)7-8-18(17)24-12-15-5-3-2-4-6-15/h2-11,14,23H,12-13H2,1H3. The Bertz CT molecular complexity index is 786. The van der Waals surface area contributed by atoms with Gasteiger partial charge in [-0.3, -0.25) is 0 Å². The molecule has 1 N–H and O–H groups in total. The van der Waals surface area contributed by atoms with E-state index < -0.39 is 5.60 Å². The van der Waals surface area contributed by atoms with E-state index in [9.17, 15) is 5.11 Å². The number of halogens is 1. The molecule has 1 aromatic heterocycles. The summed E-state index contributed by atoms with van der Waals surface area (Å²) >= 11 is 6.14. The lowest BCUT2D eigenvalue weighted by Gasteiger charge is -2.27. The highest BCUT2D eigenvalue weighted by molar-refractivity contribution is 6.30. The Morgan fingerprint density at radius 3 is 2.71 bits per heavy atom. The van der Waals surface area contributed by atoms with Crippen molar-refractivity contribution in [2.24, 2.45) is 0 Å². The molecule has 124 valence electrons. The lowest BCUT2D eigenvalue weighted by Crippen LogP contribution is -2.28. The van der Waals surface area contributed by atoms with Crippen molar-refractivity contribution in [3.05, 3.63) is 83.4 Å². The first-order valence-corrected chi connectivity index (χ1v) is 8.07. The Morgan fingerprint density at radius 2 is 2.00 bits per heavy atom. The molecule has 0 spiro atoms. The first-order chi connectivity index (χ1) is 11.5. The molecule has 3 rings (SSSR count). The summed E-state index contributed by atoms with van der Waals surface area (Å²) in [5.74, 6) is 0.619. The van der Waals surface area contributed by atoms with E-state index in [1.165, 1.54) is 0 Å². The Labute approximate surface area is 146 Å². The van der Waals surface area contributed by atoms with Crippen LogP contribution < -0.4 is 4.74 Å². The minimum atomic E-state index is -1.14. The molecule has 0 aliphatic heterocycles. The van der Waals surface area contributed by atoms with Crippen LogP contribution in [0.3, 0.4) is 0 Å². The fourth-order valence-electron chi connectivity index (χ4n) is 2.61. The average Bonchev–Trinajstić information content (AvgIpc) is 3.07. The summed E-state index contributed by atoms with van der Waals surface area (Å²) < 4.78 is 7.76. The Hall–Kier alpha value is -2.30. The van der Waals surface area contributed by atoms with Crippen LogP contribution in [-0.4, -0.2) is 14.7 Å². The molecule has 1 atom stereocenters. The van der Waals surface area contributed by atoms with Gasteiger partial charge >= 0.3 is 0 Å². The zero-order chi connectivity index (χ0) is 17.0. The summed E-state index contributed by atoms with van der Waals surface area (Å²) in [6.45, 7) is 2.53. The Morgan fingerprint density at radius 1 is 1.21 bits per heavy atom. The van der Waals surface area contributed by atoms with Gasteiger partial charge in [0.1, 0.15) is 18.0 Å². The number of ether oxygens (including phenoxy) is 1. The number of hydrogen-bond donors (Lipinski definition) is 1. The first-order valence-electron chi connectivity index (χ1n) is 7.69. The minimum absolute atomic E-state index is 0.356. The van der Waals surface area contributed by atoms with Gasteiger partial charge in [0.05, 0.1) is 12.9 Å². The number of aliphatic hydroxyl groups is 1. The molecule has 0 amide bonds. The van der Waals surface area contributed by atoms with E-state index in [0.717, 1.165) is 5.56 Å². The zero-order valence-electron chi connectivity index (χ0n) is 13.4. The van der Waals surface area contributed by atoms with Gasteiger partial charge in [0.2, 0.25) is 0 Å². The number of imidazole rings is 1. The van der Waals surface area contributed by atoms with Crippen molar-refractivity contribution in [2.75, 3.05) is 0 Å². The summed E-state index contributed by atoms with van der Waals surface area (Å²) in [6, 6.07) is 15.2. The highest BCUT2D eigenvalue weighted by Crippen LogP contribution is 2.34. The fourth-order valence-corrected chi connectivity index (χ4v) is 2.78. The molecule has 0 radical (unpaired) electrons. The van der Waals surface area contributed by atoms with Crippen molar-refractivity contribution < 1.29 is 9.84 Å². The lowest BCUT2D eigenvalue weighted by atomic mass is 9.95. The summed E-state index contributed by atoms with van der Waals surface area (Å²) in [5.41, 5.74) is 0.574. The fraction of sp³-hybridized carbons (Fsp3) is 0.211. The van der Waals surface area contributed by atoms with E-state index in [-0.39, 0.29) is 0 Å². The maximum Gasteiger partial charge on any atom is 0.126 e. The van der Waals surface area contributed by atoms with Crippen molar-refractivity contribution in [3.8, 4) is 5.75 Å². The number of rotatable bonds is 6. The van der Waals surface area contributed by atoms with Gasteiger partial charge in [-0.25, -0.2) is 4.98 Å². The van der Waals surface area contributed by atoms with Gasteiger partial charge in [0.25, 0.3) is 0 Å². The molecule has 0 aliphatic carbocycles. The zero-order valence-corrected chi connectivity index (χ0v) is 14.1. The van der Waals surface area contributed by atoms with Gasteiger partial charge in [0, 0.05) is 23.0 Å².